The fraction of sp³-hybridized carbons (Fsp3) is 0.435. The van der Waals surface area contributed by atoms with Crippen molar-refractivity contribution in [3.63, 3.8) is 0 Å². The number of aromatic nitrogens is 6. The molecule has 4 aromatic heterocycles. The van der Waals surface area contributed by atoms with Gasteiger partial charge in [0.2, 0.25) is 0 Å². The normalized spacial score (nSPS) is 17.1. The first-order valence-electron chi connectivity index (χ1n) is 11.1. The summed E-state index contributed by atoms with van der Waals surface area (Å²) in [6, 6.07) is 3.80. The molecule has 1 amide bonds. The van der Waals surface area contributed by atoms with E-state index < -0.39 is 5.60 Å². The fourth-order valence-electron chi connectivity index (χ4n) is 4.30. The first-order chi connectivity index (χ1) is 15.7. The Morgan fingerprint density at radius 1 is 1.27 bits per heavy atom. The number of carbonyl (C=O) groups is 1. The third-order valence-corrected chi connectivity index (χ3v) is 5.79. The number of aromatic amines is 1. The monoisotopic (exact) mass is 449 g/mol. The molecule has 1 aliphatic rings. The molecule has 5 rings (SSSR count). The molecule has 0 spiro atoms. The SMILES string of the molecule is Cc1ccn2ncc(-c3ncc4[nH]c(=O)n([C@H]5CCCN(C(=O)OC(C)(C)C)C5)c4n3)c2c1. The predicted molar refractivity (Wildman–Crippen MR) is 123 cm³/mol. The van der Waals surface area contributed by atoms with Gasteiger partial charge >= 0.3 is 11.8 Å². The summed E-state index contributed by atoms with van der Waals surface area (Å²) >= 11 is 0. The standard InChI is InChI=1S/C23H27N7O3/c1-14-7-9-29-18(10-14)16(11-25-29)19-24-12-17-20(27-19)30(21(31)26-17)15-6-5-8-28(13-15)22(32)33-23(2,3)4/h7,9-12,15H,5-6,8,13H2,1-4H3,(H,26,31)/t15-/m0/s1. The van der Waals surface area contributed by atoms with Crippen molar-refractivity contribution in [2.45, 2.75) is 52.2 Å². The molecule has 0 aromatic carbocycles. The van der Waals surface area contributed by atoms with E-state index in [-0.39, 0.29) is 17.8 Å². The smallest absolute Gasteiger partial charge is 0.410 e. The van der Waals surface area contributed by atoms with Gasteiger partial charge in [0.15, 0.2) is 11.5 Å². The van der Waals surface area contributed by atoms with Gasteiger partial charge in [0.25, 0.3) is 0 Å². The van der Waals surface area contributed by atoms with Crippen molar-refractivity contribution >= 4 is 22.8 Å². The van der Waals surface area contributed by atoms with E-state index in [1.165, 1.54) is 0 Å². The molecule has 0 saturated carbocycles. The number of H-pyrrole nitrogens is 1. The van der Waals surface area contributed by atoms with Gasteiger partial charge in [-0.1, -0.05) is 0 Å². The van der Waals surface area contributed by atoms with E-state index in [9.17, 15) is 9.59 Å². The van der Waals surface area contributed by atoms with Crippen molar-refractivity contribution in [3.05, 3.63) is 46.8 Å². The van der Waals surface area contributed by atoms with Crippen LogP contribution in [0.1, 0.15) is 45.2 Å². The lowest BCUT2D eigenvalue weighted by molar-refractivity contribution is 0.0172. The first-order valence-corrected chi connectivity index (χ1v) is 11.1. The Bertz CT molecular complexity index is 1410. The van der Waals surface area contributed by atoms with Gasteiger partial charge in [0.05, 0.1) is 29.5 Å². The number of imidazole rings is 1. The van der Waals surface area contributed by atoms with E-state index >= 15 is 0 Å². The lowest BCUT2D eigenvalue weighted by Crippen LogP contribution is -2.44. The van der Waals surface area contributed by atoms with Crippen molar-refractivity contribution < 1.29 is 9.53 Å². The van der Waals surface area contributed by atoms with Gasteiger partial charge < -0.3 is 14.6 Å². The number of rotatable bonds is 2. The highest BCUT2D eigenvalue weighted by molar-refractivity contribution is 5.79. The maximum absolute atomic E-state index is 12.9. The number of fused-ring (bicyclic) bond motifs is 2. The minimum atomic E-state index is -0.573. The molecule has 172 valence electrons. The predicted octanol–water partition coefficient (Wildman–Crippen LogP) is 3.31. The van der Waals surface area contributed by atoms with Crippen molar-refractivity contribution in [1.82, 2.24) is 34.0 Å². The van der Waals surface area contributed by atoms with Gasteiger partial charge in [-0.25, -0.2) is 24.1 Å². The minimum Gasteiger partial charge on any atom is -0.444 e. The van der Waals surface area contributed by atoms with E-state index in [4.69, 9.17) is 9.72 Å². The van der Waals surface area contributed by atoms with Crippen molar-refractivity contribution in [2.24, 2.45) is 0 Å². The van der Waals surface area contributed by atoms with E-state index in [1.54, 1.807) is 26.4 Å². The van der Waals surface area contributed by atoms with Crippen LogP contribution in [-0.2, 0) is 4.74 Å². The molecule has 1 N–H and O–H groups in total. The summed E-state index contributed by atoms with van der Waals surface area (Å²) in [5.41, 5.74) is 3.04. The second-order valence-corrected chi connectivity index (χ2v) is 9.55. The molecule has 0 unspecified atom stereocenters. The summed E-state index contributed by atoms with van der Waals surface area (Å²) < 4.78 is 8.96. The van der Waals surface area contributed by atoms with Crippen molar-refractivity contribution in [1.29, 1.82) is 0 Å². The Morgan fingerprint density at radius 3 is 2.88 bits per heavy atom. The topological polar surface area (TPSA) is 110 Å². The Labute approximate surface area is 190 Å². The average Bonchev–Trinajstić information content (AvgIpc) is 3.31. The molecule has 0 aliphatic carbocycles. The van der Waals surface area contributed by atoms with Crippen LogP contribution in [0.2, 0.25) is 0 Å². The van der Waals surface area contributed by atoms with Crippen molar-refractivity contribution in [2.75, 3.05) is 13.1 Å². The molecule has 1 atom stereocenters. The van der Waals surface area contributed by atoms with Gasteiger partial charge in [-0.2, -0.15) is 5.10 Å². The molecule has 10 heteroatoms. The Hall–Kier alpha value is -3.69. The van der Waals surface area contributed by atoms with E-state index in [0.29, 0.717) is 30.1 Å². The molecule has 10 nitrogen and oxygen atoms in total. The lowest BCUT2D eigenvalue weighted by Gasteiger charge is -2.34. The van der Waals surface area contributed by atoms with E-state index in [1.807, 2.05) is 46.0 Å². The number of amides is 1. The largest absolute Gasteiger partial charge is 0.444 e. The molecular weight excluding hydrogens is 422 g/mol. The van der Waals surface area contributed by atoms with Gasteiger partial charge in [-0.3, -0.25) is 4.57 Å². The second kappa shape index (κ2) is 7.72. The van der Waals surface area contributed by atoms with Gasteiger partial charge in [-0.05, 0) is 58.2 Å². The first kappa shape index (κ1) is 21.2. The number of ether oxygens (including phenoxy) is 1. The van der Waals surface area contributed by atoms with Crippen LogP contribution in [0.15, 0.2) is 35.5 Å². The number of hydrogen-bond acceptors (Lipinski definition) is 6. The maximum Gasteiger partial charge on any atom is 0.410 e. The zero-order valence-corrected chi connectivity index (χ0v) is 19.2. The summed E-state index contributed by atoms with van der Waals surface area (Å²) in [5.74, 6) is 0.496. The number of hydrogen-bond donors (Lipinski definition) is 1. The maximum atomic E-state index is 12.9. The molecule has 33 heavy (non-hydrogen) atoms. The number of aryl methyl sites for hydroxylation is 1. The summed E-state index contributed by atoms with van der Waals surface area (Å²) in [7, 11) is 0. The number of nitrogens with zero attached hydrogens (tertiary/aromatic N) is 6. The third kappa shape index (κ3) is 3.96. The van der Waals surface area contributed by atoms with Crippen LogP contribution in [-0.4, -0.2) is 58.8 Å². The van der Waals surface area contributed by atoms with E-state index in [2.05, 4.69) is 15.1 Å². The van der Waals surface area contributed by atoms with Crippen LogP contribution in [0.3, 0.4) is 0 Å². The average molecular weight is 450 g/mol. The summed E-state index contributed by atoms with van der Waals surface area (Å²) in [6.45, 7) is 8.54. The number of pyridine rings is 1. The quantitative estimate of drug-likeness (QED) is 0.503. The Balaban J connectivity index is 1.52. The second-order valence-electron chi connectivity index (χ2n) is 9.55. The van der Waals surface area contributed by atoms with Crippen LogP contribution >= 0.6 is 0 Å². The summed E-state index contributed by atoms with van der Waals surface area (Å²) in [5, 5.41) is 4.39. The highest BCUT2D eigenvalue weighted by Crippen LogP contribution is 2.27. The Kier molecular flexibility index (Phi) is 4.95. The molecule has 1 saturated heterocycles. The molecule has 0 bridgehead atoms. The Morgan fingerprint density at radius 2 is 2.09 bits per heavy atom. The third-order valence-electron chi connectivity index (χ3n) is 5.79. The molecule has 5 heterocycles. The zero-order chi connectivity index (χ0) is 23.3. The van der Waals surface area contributed by atoms with Crippen molar-refractivity contribution in [3.8, 4) is 11.4 Å². The summed E-state index contributed by atoms with van der Waals surface area (Å²) in [6.07, 6.45) is 6.43. The van der Waals surface area contributed by atoms with Crippen LogP contribution < -0.4 is 5.69 Å². The van der Waals surface area contributed by atoms with Crippen LogP contribution in [0.25, 0.3) is 28.1 Å². The molecular formula is C23H27N7O3. The van der Waals surface area contributed by atoms with E-state index in [0.717, 1.165) is 29.5 Å². The van der Waals surface area contributed by atoms with Crippen LogP contribution in [0.5, 0.6) is 0 Å². The number of likely N-dealkylation sites (tertiary alicyclic amines) is 1. The molecule has 0 radical (unpaired) electrons. The molecule has 4 aromatic rings. The molecule has 1 aliphatic heterocycles. The number of piperidine rings is 1. The fourth-order valence-corrected chi connectivity index (χ4v) is 4.30. The highest BCUT2D eigenvalue weighted by atomic mass is 16.6. The minimum absolute atomic E-state index is 0.207. The number of nitrogens with one attached hydrogen (secondary N) is 1. The van der Waals surface area contributed by atoms with Crippen LogP contribution in [0.4, 0.5) is 4.79 Å². The number of carbonyl (C=O) groups excluding carboxylic acids is 1. The summed E-state index contributed by atoms with van der Waals surface area (Å²) in [4.78, 5) is 39.3. The lowest BCUT2D eigenvalue weighted by atomic mass is 10.1. The van der Waals surface area contributed by atoms with Gasteiger partial charge in [0, 0.05) is 19.3 Å². The van der Waals surface area contributed by atoms with Gasteiger partial charge in [0.1, 0.15) is 11.1 Å². The highest BCUT2D eigenvalue weighted by Gasteiger charge is 2.30. The van der Waals surface area contributed by atoms with Crippen LogP contribution in [0, 0.1) is 6.92 Å². The molecule has 1 fully saturated rings. The zero-order valence-electron chi connectivity index (χ0n) is 19.2. The van der Waals surface area contributed by atoms with Gasteiger partial charge in [-0.15, -0.1) is 0 Å².